The number of aliphatic carboxylic acids is 1. The predicted molar refractivity (Wildman–Crippen MR) is 108 cm³/mol. The van der Waals surface area contributed by atoms with Gasteiger partial charge >= 0.3 is 5.97 Å². The Morgan fingerprint density at radius 2 is 1.54 bits per heavy atom. The predicted octanol–water partition coefficient (Wildman–Crippen LogP) is 2.95. The first-order chi connectivity index (χ1) is 13.1. The number of methoxy groups -OCH3 is 1. The molecule has 1 aromatic carbocycles. The number of hydrogen-bond acceptors (Lipinski definition) is 6. The van der Waals surface area contributed by atoms with Crippen LogP contribution >= 0.6 is 0 Å². The highest BCUT2D eigenvalue weighted by molar-refractivity contribution is 7.92. The Kier molecular flexibility index (Phi) is 9.95. The van der Waals surface area contributed by atoms with Crippen LogP contribution in [0.4, 0.5) is 0 Å². The van der Waals surface area contributed by atoms with E-state index in [1.807, 2.05) is 0 Å². The third kappa shape index (κ3) is 8.60. The number of ether oxygens (including phenoxy) is 1. The first-order valence-electron chi connectivity index (χ1n) is 9.41. The van der Waals surface area contributed by atoms with Gasteiger partial charge in [-0.1, -0.05) is 39.0 Å². The van der Waals surface area contributed by atoms with E-state index in [-0.39, 0.29) is 10.6 Å². The highest BCUT2D eigenvalue weighted by Crippen LogP contribution is 2.20. The highest BCUT2D eigenvalue weighted by Gasteiger charge is 2.31. The van der Waals surface area contributed by atoms with Gasteiger partial charge < -0.3 is 9.84 Å². The van der Waals surface area contributed by atoms with E-state index in [1.54, 1.807) is 0 Å². The van der Waals surface area contributed by atoms with Crippen LogP contribution in [0.2, 0.25) is 0 Å². The van der Waals surface area contributed by atoms with Crippen LogP contribution in [0.1, 0.15) is 45.4 Å². The number of benzene rings is 1. The van der Waals surface area contributed by atoms with Crippen LogP contribution in [-0.4, -0.2) is 52.3 Å². The molecule has 1 rings (SSSR count). The molecule has 0 fully saturated rings. The number of carboxylic acids is 1. The molecule has 0 saturated carbocycles. The molecule has 1 unspecified atom stereocenters. The van der Waals surface area contributed by atoms with E-state index in [9.17, 15) is 26.7 Å². The van der Waals surface area contributed by atoms with Crippen molar-refractivity contribution in [2.75, 3.05) is 24.4 Å². The summed E-state index contributed by atoms with van der Waals surface area (Å²) in [4.78, 5) is 11.4. The SMILES string of the molecule is CCCCCCCCS(=O)(=O)CC(CS(=O)(=O)c1ccc(OC)cc1)C(=O)O. The standard InChI is InChI=1S/C19H30O7S2/c1-3-4-5-6-7-8-13-27(22,23)14-16(19(20)21)15-28(24,25)18-11-9-17(26-2)10-12-18/h9-12,16H,3-8,13-15H2,1-2H3,(H,20,21). The van der Waals surface area contributed by atoms with E-state index < -0.39 is 43.1 Å². The van der Waals surface area contributed by atoms with E-state index in [4.69, 9.17) is 4.74 Å². The number of hydrogen-bond donors (Lipinski definition) is 1. The summed E-state index contributed by atoms with van der Waals surface area (Å²) in [6.07, 6.45) is 5.43. The lowest BCUT2D eigenvalue weighted by atomic mass is 10.1. The van der Waals surface area contributed by atoms with Crippen molar-refractivity contribution in [2.45, 2.75) is 50.3 Å². The maximum Gasteiger partial charge on any atom is 0.308 e. The Morgan fingerprint density at radius 1 is 0.964 bits per heavy atom. The second kappa shape index (κ2) is 11.4. The lowest BCUT2D eigenvalue weighted by Gasteiger charge is -2.14. The first kappa shape index (κ1) is 24.4. The van der Waals surface area contributed by atoms with Crippen LogP contribution in [0.25, 0.3) is 0 Å². The van der Waals surface area contributed by atoms with Crippen molar-refractivity contribution in [3.63, 3.8) is 0 Å². The summed E-state index contributed by atoms with van der Waals surface area (Å²) in [5.74, 6) is -4.02. The van der Waals surface area contributed by atoms with Gasteiger partial charge in [0.2, 0.25) is 0 Å². The van der Waals surface area contributed by atoms with E-state index in [0.29, 0.717) is 12.2 Å². The molecule has 0 aliphatic heterocycles. The number of carboxylic acid groups (broad SMARTS) is 1. The summed E-state index contributed by atoms with van der Waals surface area (Å²) in [7, 11) is -6.14. The van der Waals surface area contributed by atoms with Crippen LogP contribution in [-0.2, 0) is 24.5 Å². The maximum absolute atomic E-state index is 12.5. The Bertz CT molecular complexity index is 812. The Hall–Kier alpha value is -1.61. The van der Waals surface area contributed by atoms with Gasteiger partial charge in [-0.05, 0) is 30.7 Å². The third-order valence-corrected chi connectivity index (χ3v) is 8.10. The fourth-order valence-corrected chi connectivity index (χ4v) is 6.19. The lowest BCUT2D eigenvalue weighted by molar-refractivity contribution is -0.140. The first-order valence-corrected chi connectivity index (χ1v) is 12.9. The molecule has 1 atom stereocenters. The van der Waals surface area contributed by atoms with E-state index >= 15 is 0 Å². The molecule has 0 heterocycles. The van der Waals surface area contributed by atoms with Crippen LogP contribution in [0.5, 0.6) is 5.75 Å². The average molecular weight is 435 g/mol. The van der Waals surface area contributed by atoms with Gasteiger partial charge in [0.1, 0.15) is 5.75 Å². The molecule has 160 valence electrons. The van der Waals surface area contributed by atoms with Crippen molar-refractivity contribution >= 4 is 25.6 Å². The highest BCUT2D eigenvalue weighted by atomic mass is 32.2. The number of sulfone groups is 2. The molecule has 0 amide bonds. The topological polar surface area (TPSA) is 115 Å². The Labute approximate surface area is 167 Å². The Balaban J connectivity index is 2.72. The summed E-state index contributed by atoms with van der Waals surface area (Å²) in [6.45, 7) is 2.09. The molecule has 1 N–H and O–H groups in total. The summed E-state index contributed by atoms with van der Waals surface area (Å²) >= 11 is 0. The molecule has 0 radical (unpaired) electrons. The van der Waals surface area contributed by atoms with Crippen molar-refractivity contribution in [1.29, 1.82) is 0 Å². The van der Waals surface area contributed by atoms with Crippen molar-refractivity contribution in [3.8, 4) is 5.75 Å². The normalized spacial score (nSPS) is 13.2. The lowest BCUT2D eigenvalue weighted by Crippen LogP contribution is -2.31. The second-order valence-electron chi connectivity index (χ2n) is 6.87. The zero-order valence-electron chi connectivity index (χ0n) is 16.5. The minimum absolute atomic E-state index is 0.0622. The van der Waals surface area contributed by atoms with Crippen molar-refractivity contribution in [3.05, 3.63) is 24.3 Å². The van der Waals surface area contributed by atoms with Gasteiger partial charge in [0.25, 0.3) is 0 Å². The monoisotopic (exact) mass is 434 g/mol. The van der Waals surface area contributed by atoms with E-state index in [2.05, 4.69) is 6.92 Å². The molecular formula is C19H30O7S2. The zero-order valence-corrected chi connectivity index (χ0v) is 18.1. The molecule has 0 aliphatic carbocycles. The average Bonchev–Trinajstić information content (AvgIpc) is 2.63. The molecule has 0 spiro atoms. The molecule has 0 aliphatic rings. The number of carbonyl (C=O) groups is 1. The molecule has 0 aromatic heterocycles. The van der Waals surface area contributed by atoms with Crippen LogP contribution in [0.3, 0.4) is 0 Å². The van der Waals surface area contributed by atoms with Gasteiger partial charge in [0.05, 0.1) is 35.2 Å². The van der Waals surface area contributed by atoms with Gasteiger partial charge in [-0.25, -0.2) is 16.8 Å². The molecule has 28 heavy (non-hydrogen) atoms. The minimum atomic E-state index is -3.94. The Morgan fingerprint density at radius 3 is 2.07 bits per heavy atom. The van der Waals surface area contributed by atoms with Gasteiger partial charge in [0.15, 0.2) is 19.7 Å². The molecule has 1 aromatic rings. The number of unbranched alkanes of at least 4 members (excludes halogenated alkanes) is 5. The molecule has 9 heteroatoms. The fourth-order valence-electron chi connectivity index (χ4n) is 2.83. The third-order valence-electron chi connectivity index (χ3n) is 4.45. The van der Waals surface area contributed by atoms with E-state index in [1.165, 1.54) is 31.4 Å². The van der Waals surface area contributed by atoms with Crippen LogP contribution < -0.4 is 4.74 Å². The number of rotatable bonds is 14. The molecular weight excluding hydrogens is 404 g/mol. The maximum atomic E-state index is 12.5. The quantitative estimate of drug-likeness (QED) is 0.448. The van der Waals surface area contributed by atoms with Crippen LogP contribution in [0, 0.1) is 5.92 Å². The molecule has 0 saturated heterocycles. The molecule has 0 bridgehead atoms. The summed E-state index contributed by atoms with van der Waals surface area (Å²) < 4.78 is 54.5. The summed E-state index contributed by atoms with van der Waals surface area (Å²) in [6, 6.07) is 5.55. The van der Waals surface area contributed by atoms with Gasteiger partial charge in [-0.2, -0.15) is 0 Å². The smallest absolute Gasteiger partial charge is 0.308 e. The second-order valence-corrected chi connectivity index (χ2v) is 11.1. The largest absolute Gasteiger partial charge is 0.497 e. The van der Waals surface area contributed by atoms with Crippen molar-refractivity contribution in [1.82, 2.24) is 0 Å². The fraction of sp³-hybridized carbons (Fsp3) is 0.632. The van der Waals surface area contributed by atoms with Gasteiger partial charge in [0, 0.05) is 0 Å². The minimum Gasteiger partial charge on any atom is -0.497 e. The van der Waals surface area contributed by atoms with Gasteiger partial charge in [-0.3, -0.25) is 4.79 Å². The van der Waals surface area contributed by atoms with Crippen molar-refractivity contribution in [2.24, 2.45) is 5.92 Å². The zero-order chi connectivity index (χ0) is 21.2. The summed E-state index contributed by atoms with van der Waals surface area (Å²) in [5, 5.41) is 9.35. The van der Waals surface area contributed by atoms with Crippen molar-refractivity contribution < 1.29 is 31.5 Å². The van der Waals surface area contributed by atoms with E-state index in [0.717, 1.165) is 32.1 Å². The van der Waals surface area contributed by atoms with Gasteiger partial charge in [-0.15, -0.1) is 0 Å². The van der Waals surface area contributed by atoms with Crippen LogP contribution in [0.15, 0.2) is 29.2 Å². The summed E-state index contributed by atoms with van der Waals surface area (Å²) in [5.41, 5.74) is 0. The molecule has 7 nitrogen and oxygen atoms in total.